The van der Waals surface area contributed by atoms with Crippen molar-refractivity contribution in [3.63, 3.8) is 0 Å². The Morgan fingerprint density at radius 2 is 0.727 bits per heavy atom. The van der Waals surface area contributed by atoms with E-state index in [0.29, 0.717) is 125 Å². The number of halogens is 11. The molecule has 3 aliphatic heterocycles. The van der Waals surface area contributed by atoms with Gasteiger partial charge in [-0.05, 0) is 135 Å². The molecule has 0 aliphatic carbocycles. The molecule has 624 valence electrons. The Bertz CT molecular complexity index is 5940. The quantitative estimate of drug-likeness (QED) is 0.0260. The van der Waals surface area contributed by atoms with Crippen LogP contribution in [0.2, 0.25) is 0 Å². The maximum Gasteiger partial charge on any atom is 0.416 e. The van der Waals surface area contributed by atoms with E-state index in [4.69, 9.17) is 32.5 Å². The number of benzene rings is 6. The van der Waals surface area contributed by atoms with E-state index in [1.165, 1.54) is 37.2 Å². The lowest BCUT2D eigenvalue weighted by atomic mass is 9.97. The first-order valence-electron chi connectivity index (χ1n) is 38.3. The van der Waals surface area contributed by atoms with Crippen LogP contribution >= 0.6 is 0 Å². The number of carbonyl (C=O) groups excluding carboxylic acids is 6. The van der Waals surface area contributed by atoms with Crippen molar-refractivity contribution in [2.75, 3.05) is 56.5 Å². The second-order valence-electron chi connectivity index (χ2n) is 29.1. The van der Waals surface area contributed by atoms with Gasteiger partial charge in [-0.1, -0.05) is 92.5 Å². The third-order valence-electron chi connectivity index (χ3n) is 21.3. The lowest BCUT2D eigenvalue weighted by Gasteiger charge is -2.32. The van der Waals surface area contributed by atoms with Crippen molar-refractivity contribution >= 4 is 85.6 Å². The Morgan fingerprint density at radius 3 is 1.05 bits per heavy atom. The van der Waals surface area contributed by atoms with Gasteiger partial charge in [0, 0.05) is 92.4 Å². The lowest BCUT2D eigenvalue weighted by Crippen LogP contribution is -2.40. The number of rotatable bonds is 21. The van der Waals surface area contributed by atoms with Gasteiger partial charge in [-0.3, -0.25) is 28.8 Å². The van der Waals surface area contributed by atoms with Gasteiger partial charge >= 0.3 is 12.4 Å². The number of Topliss-reactive ketones (excluding diaryl/α,β-unsaturated/α-hetero) is 3. The summed E-state index contributed by atoms with van der Waals surface area (Å²) in [6.07, 6.45) is 3.20. The predicted octanol–water partition coefficient (Wildman–Crippen LogP) is 15.5. The fraction of sp³-hybridized carbons (Fsp3) is 0.267. The minimum absolute atomic E-state index is 0.0105. The molecule has 24 nitrogen and oxygen atoms in total. The highest BCUT2D eigenvalue weighted by atomic mass is 19.4. The molecule has 3 atom stereocenters. The summed E-state index contributed by atoms with van der Waals surface area (Å²) in [5.41, 5.74) is 22.4. The van der Waals surface area contributed by atoms with Crippen LogP contribution in [0.25, 0.3) is 66.9 Å². The number of nitrogens with zero attached hydrogens (tertiary/aromatic N) is 15. The van der Waals surface area contributed by atoms with Crippen LogP contribution in [0.3, 0.4) is 0 Å². The van der Waals surface area contributed by atoms with Crippen LogP contribution in [0.15, 0.2) is 178 Å². The van der Waals surface area contributed by atoms with Crippen LogP contribution in [-0.2, 0) is 46.0 Å². The van der Waals surface area contributed by atoms with E-state index in [1.807, 2.05) is 41.1 Å². The minimum atomic E-state index is -5.04. The molecule has 35 heteroatoms. The molecule has 12 aromatic rings. The first-order chi connectivity index (χ1) is 57.9. The monoisotopic (exact) mass is 1670 g/mol. The average Bonchev–Trinajstić information content (AvgIpc) is 1.63. The van der Waals surface area contributed by atoms with Crippen LogP contribution in [0.4, 0.5) is 65.7 Å². The van der Waals surface area contributed by atoms with Crippen molar-refractivity contribution in [1.29, 1.82) is 0 Å². The number of hydrogen-bond acceptors (Lipinski definition) is 18. The maximum atomic E-state index is 14.0. The first-order valence-corrected chi connectivity index (χ1v) is 38.3. The average molecular weight is 1670 g/mol. The Hall–Kier alpha value is -13.8. The zero-order valence-corrected chi connectivity index (χ0v) is 64.6. The number of piperidine rings is 3. The minimum Gasteiger partial charge on any atom is -0.383 e. The summed E-state index contributed by atoms with van der Waals surface area (Å²) in [7, 11) is 0. The number of nitrogens with two attached hydrogens (primary N) is 3. The number of likely N-dealkylation sites (tertiary alicyclic amines) is 3. The summed E-state index contributed by atoms with van der Waals surface area (Å²) in [4.78, 5) is 105. The highest BCUT2D eigenvalue weighted by molar-refractivity contribution is 6.02. The Balaban J connectivity index is 0.000000157. The van der Waals surface area contributed by atoms with Gasteiger partial charge in [0.15, 0.2) is 51.7 Å². The van der Waals surface area contributed by atoms with Gasteiger partial charge in [-0.25, -0.2) is 65.9 Å². The van der Waals surface area contributed by atoms with Crippen molar-refractivity contribution in [3.05, 3.63) is 252 Å². The standard InChI is InChI=1S/C30H26F6N6O2.C28H25F3N6O2.C28H26F2N6O2/c1-2-24(44)41-11-3-4-22(15-41)42-28-25(27(37)38-16-39-28)26(40-42)18-8-5-17(6-9-18)7-10-23(43)19-12-20(29(31,32)33)14-21(13-19)30(34,35)36;1-2-22(39)36-13-3-4-18(14-36)37-28-23(27(32)33-15-34-28)26(35-37)17-8-5-16(6-9-17)7-12-21(38)19-10-11-20(29)25(31)24(19)30;1-2-24(38)35-11-3-4-22(15-35)36-28-25(27(31)32-16-33-28)26(34-36)18-8-5-17(6-9-18)7-10-23(37)19-12-20(29)14-21(30)13-19/h2,5-6,8-9,12-14,16,22H,1,3-4,7,10-11,15H2,(H2,37,38,39);2,5-6,8-11,15,18H,1,3-4,7,12-14H2,(H2,32,33,34);2,5-6,8-9,12-14,16,22H,1,3-4,7,10-11,15H2,(H2,31,32,33). The molecule has 3 aliphatic rings. The van der Waals surface area contributed by atoms with Crippen molar-refractivity contribution < 1.29 is 77.1 Å². The number of alkyl halides is 6. The zero-order chi connectivity index (χ0) is 86.3. The zero-order valence-electron chi connectivity index (χ0n) is 64.6. The molecular formula is C86H77F11N18O6. The molecule has 6 aromatic carbocycles. The van der Waals surface area contributed by atoms with E-state index in [1.54, 1.807) is 60.5 Å². The summed E-state index contributed by atoms with van der Waals surface area (Å²) >= 11 is 0. The number of fused-ring (bicyclic) bond motifs is 3. The third kappa shape index (κ3) is 19.0. The second kappa shape index (κ2) is 36.2. The Morgan fingerprint density at radius 1 is 0.405 bits per heavy atom. The third-order valence-corrected chi connectivity index (χ3v) is 21.3. The number of anilines is 3. The van der Waals surface area contributed by atoms with Crippen LogP contribution in [-0.4, -0.2) is 148 Å². The van der Waals surface area contributed by atoms with Crippen LogP contribution < -0.4 is 17.2 Å². The molecule has 3 unspecified atom stereocenters. The van der Waals surface area contributed by atoms with E-state index < -0.39 is 75.3 Å². The molecule has 3 saturated heterocycles. The molecular weight excluding hydrogens is 1590 g/mol. The summed E-state index contributed by atoms with van der Waals surface area (Å²) in [6.45, 7) is 14.0. The molecule has 121 heavy (non-hydrogen) atoms. The molecule has 0 spiro atoms. The van der Waals surface area contributed by atoms with Gasteiger partial charge in [0.2, 0.25) is 17.7 Å². The number of aryl methyl sites for hydroxylation is 3. The predicted molar refractivity (Wildman–Crippen MR) is 428 cm³/mol. The van der Waals surface area contributed by atoms with Crippen molar-refractivity contribution in [1.82, 2.24) is 73.9 Å². The lowest BCUT2D eigenvalue weighted by molar-refractivity contribution is -0.143. The summed E-state index contributed by atoms with van der Waals surface area (Å²) in [5, 5.41) is 16.3. The topological polar surface area (TPSA) is 321 Å². The summed E-state index contributed by atoms with van der Waals surface area (Å²) in [5.74, 6) is -7.47. The van der Waals surface area contributed by atoms with Crippen LogP contribution in [0.1, 0.15) is 135 Å². The first kappa shape index (κ1) is 85.1. The molecule has 0 saturated carbocycles. The Kier molecular flexibility index (Phi) is 25.5. The van der Waals surface area contributed by atoms with E-state index in [0.717, 1.165) is 91.1 Å². The van der Waals surface area contributed by atoms with E-state index in [-0.39, 0.29) is 97.0 Å². The van der Waals surface area contributed by atoms with E-state index in [9.17, 15) is 77.1 Å². The summed E-state index contributed by atoms with van der Waals surface area (Å²) in [6, 6.07) is 26.6. The van der Waals surface area contributed by atoms with Crippen LogP contribution in [0.5, 0.6) is 0 Å². The van der Waals surface area contributed by atoms with E-state index in [2.05, 4.69) is 49.6 Å². The van der Waals surface area contributed by atoms with Gasteiger partial charge in [-0.2, -0.15) is 41.6 Å². The van der Waals surface area contributed by atoms with Gasteiger partial charge in [-0.15, -0.1) is 0 Å². The fourth-order valence-electron chi connectivity index (χ4n) is 15.1. The molecule has 0 radical (unpaired) electrons. The van der Waals surface area contributed by atoms with Crippen molar-refractivity contribution in [3.8, 4) is 33.8 Å². The van der Waals surface area contributed by atoms with Crippen molar-refractivity contribution in [2.24, 2.45) is 0 Å². The Labute approximate surface area is 683 Å². The highest BCUT2D eigenvalue weighted by Gasteiger charge is 2.39. The van der Waals surface area contributed by atoms with Crippen LogP contribution in [0, 0.1) is 29.1 Å². The number of nitrogen functional groups attached to an aromatic ring is 3. The largest absolute Gasteiger partial charge is 0.416 e. The fourth-order valence-corrected chi connectivity index (χ4v) is 15.1. The molecule has 6 N–H and O–H groups in total. The molecule has 15 rings (SSSR count). The maximum absolute atomic E-state index is 14.0. The molecule has 9 heterocycles. The number of amides is 3. The number of hydrogen-bond donors (Lipinski definition) is 3. The molecule has 3 amide bonds. The normalized spacial score (nSPS) is 15.6. The highest BCUT2D eigenvalue weighted by Crippen LogP contribution is 2.41. The number of aromatic nitrogens is 12. The van der Waals surface area contributed by atoms with Crippen molar-refractivity contribution in [2.45, 2.75) is 108 Å². The number of ketones is 3. The molecule has 3 fully saturated rings. The van der Waals surface area contributed by atoms with E-state index >= 15 is 0 Å². The smallest absolute Gasteiger partial charge is 0.383 e. The second-order valence-corrected chi connectivity index (χ2v) is 29.1. The van der Waals surface area contributed by atoms with Gasteiger partial charge in [0.1, 0.15) is 65.2 Å². The van der Waals surface area contributed by atoms with Gasteiger partial charge in [0.05, 0.1) is 51.0 Å². The van der Waals surface area contributed by atoms with Gasteiger partial charge in [0.25, 0.3) is 0 Å². The summed E-state index contributed by atoms with van der Waals surface area (Å²) < 4.78 is 152. The SMILES string of the molecule is C=CC(=O)N1CCCC(n2nc(-c3ccc(CCC(=O)c4cc(C(F)(F)F)cc(C(F)(F)F)c4)cc3)c3c(N)ncnc32)C1.C=CC(=O)N1CCCC(n2nc(-c3ccc(CCC(=O)c4cc(F)cc(F)c4)cc3)c3c(N)ncnc32)C1.C=CC(=O)N1CCCC(n2nc(-c3ccc(CCC(=O)c4ccc(F)c(F)c4F)cc3)c3c(N)ncnc32)C1. The molecule has 6 aromatic heterocycles. The molecule has 0 bridgehead atoms. The van der Waals surface area contributed by atoms with Gasteiger partial charge < -0.3 is 31.9 Å². The number of carbonyl (C=O) groups is 6.